The number of carbonyl (C=O) groups is 2. The van der Waals surface area contributed by atoms with E-state index in [0.29, 0.717) is 10.6 Å². The maximum Gasteiger partial charge on any atom is 0.251 e. The molecule has 5 nitrogen and oxygen atoms in total. The zero-order chi connectivity index (χ0) is 19.2. The van der Waals surface area contributed by atoms with Crippen LogP contribution >= 0.6 is 11.3 Å². The van der Waals surface area contributed by atoms with Crippen molar-refractivity contribution in [2.45, 2.75) is 19.0 Å². The van der Waals surface area contributed by atoms with E-state index in [1.807, 2.05) is 60.7 Å². The van der Waals surface area contributed by atoms with Crippen LogP contribution in [0.3, 0.4) is 0 Å². The van der Waals surface area contributed by atoms with E-state index < -0.39 is 11.9 Å². The largest absolute Gasteiger partial charge is 0.366 e. The molecule has 4 N–H and O–H groups in total. The zero-order valence-corrected chi connectivity index (χ0v) is 15.7. The summed E-state index contributed by atoms with van der Waals surface area (Å²) in [6.07, 6.45) is 0. The number of rotatable bonds is 7. The van der Waals surface area contributed by atoms with Crippen molar-refractivity contribution in [3.8, 4) is 0 Å². The average Bonchev–Trinajstić information content (AvgIpc) is 3.15. The minimum absolute atomic E-state index is 0.132. The molecule has 1 aromatic heterocycles. The van der Waals surface area contributed by atoms with Gasteiger partial charge >= 0.3 is 0 Å². The Hall–Kier alpha value is -2.96. The number of nitrogens with two attached hydrogens (primary N) is 1. The van der Waals surface area contributed by atoms with Crippen LogP contribution in [0.4, 0.5) is 5.00 Å². The molecule has 6 heteroatoms. The van der Waals surface area contributed by atoms with Crippen LogP contribution in [0.5, 0.6) is 0 Å². The van der Waals surface area contributed by atoms with Crippen LogP contribution in [0.25, 0.3) is 0 Å². The summed E-state index contributed by atoms with van der Waals surface area (Å²) in [6.45, 7) is 1.80. The summed E-state index contributed by atoms with van der Waals surface area (Å²) >= 11 is 1.27. The molecule has 27 heavy (non-hydrogen) atoms. The van der Waals surface area contributed by atoms with E-state index in [0.717, 1.165) is 11.1 Å². The third-order valence-corrected chi connectivity index (χ3v) is 5.07. The van der Waals surface area contributed by atoms with Crippen molar-refractivity contribution >= 4 is 28.2 Å². The average molecular weight is 379 g/mol. The molecule has 0 aliphatic rings. The summed E-state index contributed by atoms with van der Waals surface area (Å²) in [4.78, 5) is 24.1. The smallest absolute Gasteiger partial charge is 0.251 e. The highest BCUT2D eigenvalue weighted by atomic mass is 32.1. The molecule has 1 heterocycles. The molecule has 0 bridgehead atoms. The van der Waals surface area contributed by atoms with Crippen molar-refractivity contribution in [3.63, 3.8) is 0 Å². The normalized spacial score (nSPS) is 11.9. The lowest BCUT2D eigenvalue weighted by Gasteiger charge is -2.24. The maximum absolute atomic E-state index is 12.7. The number of hydrogen-bond donors (Lipinski definition) is 3. The molecule has 138 valence electrons. The van der Waals surface area contributed by atoms with Gasteiger partial charge in [-0.15, -0.1) is 11.3 Å². The lowest BCUT2D eigenvalue weighted by Crippen LogP contribution is -2.40. The fourth-order valence-corrected chi connectivity index (χ4v) is 3.62. The molecule has 0 aliphatic heterocycles. The molecule has 3 rings (SSSR count). The van der Waals surface area contributed by atoms with Gasteiger partial charge in [0.05, 0.1) is 17.6 Å². The van der Waals surface area contributed by atoms with Gasteiger partial charge in [0.15, 0.2) is 0 Å². The Kier molecular flexibility index (Phi) is 6.01. The summed E-state index contributed by atoms with van der Waals surface area (Å²) in [5.74, 6) is -0.782. The van der Waals surface area contributed by atoms with Crippen LogP contribution < -0.4 is 16.4 Å². The van der Waals surface area contributed by atoms with Gasteiger partial charge in [0, 0.05) is 0 Å². The van der Waals surface area contributed by atoms with Crippen molar-refractivity contribution in [1.82, 2.24) is 5.32 Å². The molecule has 0 unspecified atom stereocenters. The summed E-state index contributed by atoms with van der Waals surface area (Å²) in [7, 11) is 0. The minimum Gasteiger partial charge on any atom is -0.366 e. The first-order chi connectivity index (χ1) is 13.1. The minimum atomic E-state index is -0.557. The molecule has 3 aromatic rings. The van der Waals surface area contributed by atoms with Crippen LogP contribution in [0.1, 0.15) is 34.5 Å². The van der Waals surface area contributed by atoms with Gasteiger partial charge in [0.25, 0.3) is 5.91 Å². The Labute approximate surface area is 162 Å². The molecular formula is C21H21N3O2S. The van der Waals surface area contributed by atoms with E-state index >= 15 is 0 Å². The van der Waals surface area contributed by atoms with Gasteiger partial charge < -0.3 is 11.1 Å². The third kappa shape index (κ3) is 4.61. The van der Waals surface area contributed by atoms with Crippen LogP contribution in [0, 0.1) is 0 Å². The van der Waals surface area contributed by atoms with E-state index in [1.165, 1.54) is 11.3 Å². The number of primary amides is 1. The van der Waals surface area contributed by atoms with Crippen molar-refractivity contribution in [3.05, 3.63) is 88.8 Å². The number of anilines is 1. The van der Waals surface area contributed by atoms with Crippen LogP contribution in [-0.2, 0) is 4.79 Å². The summed E-state index contributed by atoms with van der Waals surface area (Å²) in [6, 6.07) is 20.9. The topological polar surface area (TPSA) is 84.2 Å². The van der Waals surface area contributed by atoms with Crippen molar-refractivity contribution in [1.29, 1.82) is 0 Å². The highest BCUT2D eigenvalue weighted by Crippen LogP contribution is 2.24. The molecule has 2 aromatic carbocycles. The summed E-state index contributed by atoms with van der Waals surface area (Å²) < 4.78 is 0. The molecule has 0 saturated heterocycles. The molecule has 0 spiro atoms. The Bertz CT molecular complexity index is 870. The second-order valence-corrected chi connectivity index (χ2v) is 7.08. The number of carbonyl (C=O) groups excluding carboxylic acids is 2. The Morgan fingerprint density at radius 2 is 1.48 bits per heavy atom. The Morgan fingerprint density at radius 1 is 0.926 bits per heavy atom. The Morgan fingerprint density at radius 3 is 2.00 bits per heavy atom. The van der Waals surface area contributed by atoms with E-state index in [1.54, 1.807) is 18.4 Å². The lowest BCUT2D eigenvalue weighted by atomic mass is 9.98. The van der Waals surface area contributed by atoms with E-state index in [9.17, 15) is 9.59 Å². The van der Waals surface area contributed by atoms with Crippen LogP contribution in [-0.4, -0.2) is 17.9 Å². The second-order valence-electron chi connectivity index (χ2n) is 6.16. The number of nitrogens with one attached hydrogen (secondary N) is 2. The highest BCUT2D eigenvalue weighted by molar-refractivity contribution is 7.14. The van der Waals surface area contributed by atoms with Gasteiger partial charge in [-0.1, -0.05) is 60.7 Å². The number of hydrogen-bond acceptors (Lipinski definition) is 4. The van der Waals surface area contributed by atoms with Crippen molar-refractivity contribution in [2.24, 2.45) is 5.73 Å². The fourth-order valence-electron chi connectivity index (χ4n) is 2.82. The van der Waals surface area contributed by atoms with Gasteiger partial charge in [-0.25, -0.2) is 0 Å². The van der Waals surface area contributed by atoms with Crippen molar-refractivity contribution < 1.29 is 9.59 Å². The predicted octanol–water partition coefficient (Wildman–Crippen LogP) is 3.55. The van der Waals surface area contributed by atoms with Crippen LogP contribution in [0.15, 0.2) is 72.1 Å². The lowest BCUT2D eigenvalue weighted by molar-refractivity contribution is -0.117. The van der Waals surface area contributed by atoms with Gasteiger partial charge in [0.1, 0.15) is 5.00 Å². The number of amides is 2. The first kappa shape index (κ1) is 18.8. The standard InChI is InChI=1S/C21H21N3O2S/c1-14(20(26)24-21-17(19(22)25)12-13-27-21)23-18(15-8-4-2-5-9-15)16-10-6-3-7-11-16/h2-14,18,23H,1H3,(H2,22,25)(H,24,26)/t14-/m0/s1. The van der Waals surface area contributed by atoms with Gasteiger partial charge in [0.2, 0.25) is 5.91 Å². The quantitative estimate of drug-likeness (QED) is 0.587. The monoisotopic (exact) mass is 379 g/mol. The molecule has 0 saturated carbocycles. The molecule has 0 aliphatic carbocycles. The van der Waals surface area contributed by atoms with Crippen molar-refractivity contribution in [2.75, 3.05) is 5.32 Å². The third-order valence-electron chi connectivity index (χ3n) is 4.24. The van der Waals surface area contributed by atoms with Crippen LogP contribution in [0.2, 0.25) is 0 Å². The first-order valence-corrected chi connectivity index (χ1v) is 9.48. The Balaban J connectivity index is 1.78. The molecule has 0 fully saturated rings. The van der Waals surface area contributed by atoms with Gasteiger partial charge in [-0.2, -0.15) is 0 Å². The van der Waals surface area contributed by atoms with E-state index in [2.05, 4.69) is 10.6 Å². The van der Waals surface area contributed by atoms with Gasteiger partial charge in [-0.3, -0.25) is 14.9 Å². The first-order valence-electron chi connectivity index (χ1n) is 8.60. The second kappa shape index (κ2) is 8.62. The molecule has 0 radical (unpaired) electrons. The molecular weight excluding hydrogens is 358 g/mol. The summed E-state index contributed by atoms with van der Waals surface area (Å²) in [5, 5.41) is 8.38. The molecule has 2 amide bonds. The van der Waals surface area contributed by atoms with E-state index in [-0.39, 0.29) is 11.9 Å². The number of thiophene rings is 1. The van der Waals surface area contributed by atoms with Gasteiger partial charge in [-0.05, 0) is 29.5 Å². The SMILES string of the molecule is C[C@H](NC(c1ccccc1)c1ccccc1)C(=O)Nc1sccc1C(N)=O. The fraction of sp³-hybridized carbons (Fsp3) is 0.143. The maximum atomic E-state index is 12.7. The van der Waals surface area contributed by atoms with E-state index in [4.69, 9.17) is 5.73 Å². The predicted molar refractivity (Wildman–Crippen MR) is 109 cm³/mol. The zero-order valence-electron chi connectivity index (χ0n) is 14.9. The number of benzene rings is 2. The highest BCUT2D eigenvalue weighted by Gasteiger charge is 2.22. The summed E-state index contributed by atoms with van der Waals surface area (Å²) in [5.41, 5.74) is 7.80. The molecule has 1 atom stereocenters.